The Balaban J connectivity index is 1.42. The van der Waals surface area contributed by atoms with E-state index in [1.807, 2.05) is 48.5 Å². The Bertz CT molecular complexity index is 1020. The Morgan fingerprint density at radius 3 is 2.00 bits per heavy atom. The fourth-order valence-corrected chi connectivity index (χ4v) is 3.94. The Morgan fingerprint density at radius 1 is 0.882 bits per heavy atom. The summed E-state index contributed by atoms with van der Waals surface area (Å²) in [7, 11) is 0. The third-order valence-electron chi connectivity index (χ3n) is 5.73. The van der Waals surface area contributed by atoms with Crippen LogP contribution in [0.25, 0.3) is 11.1 Å². The maximum absolute atomic E-state index is 12.1. The van der Waals surface area contributed by atoms with E-state index in [9.17, 15) is 19.2 Å². The van der Waals surface area contributed by atoms with Crippen LogP contribution in [-0.2, 0) is 19.1 Å². The van der Waals surface area contributed by atoms with Gasteiger partial charge in [-0.05, 0) is 28.2 Å². The first-order valence-electron chi connectivity index (χ1n) is 11.1. The summed E-state index contributed by atoms with van der Waals surface area (Å²) in [5.41, 5.74) is 4.41. The summed E-state index contributed by atoms with van der Waals surface area (Å²) >= 11 is 0. The van der Waals surface area contributed by atoms with Crippen LogP contribution in [0.4, 0.5) is 4.79 Å². The van der Waals surface area contributed by atoms with E-state index in [1.165, 1.54) is 0 Å². The summed E-state index contributed by atoms with van der Waals surface area (Å²) in [5, 5.41) is 16.3. The molecule has 0 saturated heterocycles. The number of carbonyl (C=O) groups excluding carboxylic acids is 3. The van der Waals surface area contributed by atoms with Crippen molar-refractivity contribution in [3.05, 3.63) is 59.7 Å². The average Bonchev–Trinajstić information content (AvgIpc) is 3.13. The predicted molar refractivity (Wildman–Crippen MR) is 125 cm³/mol. The van der Waals surface area contributed by atoms with Crippen LogP contribution in [-0.4, -0.2) is 54.7 Å². The minimum atomic E-state index is -1.02. The number of fused-ring (bicyclic) bond motifs is 3. The molecule has 0 saturated carbocycles. The summed E-state index contributed by atoms with van der Waals surface area (Å²) in [6.07, 6.45) is -0.941. The van der Waals surface area contributed by atoms with E-state index in [-0.39, 0.29) is 38.0 Å². The van der Waals surface area contributed by atoms with Crippen molar-refractivity contribution in [2.75, 3.05) is 19.7 Å². The van der Waals surface area contributed by atoms with Crippen LogP contribution in [0.2, 0.25) is 0 Å². The average molecular weight is 468 g/mol. The monoisotopic (exact) mass is 467 g/mol. The molecule has 1 aliphatic carbocycles. The standard InChI is InChI=1S/C25H29N3O6/c1-15(2)21(11-24(31)32)28-23(30)13-26-22(29)12-27-25(33)34-14-20-18-9-5-3-7-16(18)17-8-4-6-10-19(17)20/h3-10,15,20-21H,11-14H2,1-2H3,(H,26,29)(H,27,33)(H,28,30)(H,31,32)/t21-/m1/s1. The molecule has 0 fully saturated rings. The zero-order chi connectivity index (χ0) is 24.7. The van der Waals surface area contributed by atoms with E-state index in [0.29, 0.717) is 0 Å². The predicted octanol–water partition coefficient (Wildman–Crippen LogP) is 2.26. The number of hydrogen-bond donors (Lipinski definition) is 4. The van der Waals surface area contributed by atoms with Crippen LogP contribution in [0.5, 0.6) is 0 Å². The van der Waals surface area contributed by atoms with Gasteiger partial charge in [-0.3, -0.25) is 14.4 Å². The van der Waals surface area contributed by atoms with Gasteiger partial charge >= 0.3 is 12.1 Å². The Hall–Kier alpha value is -3.88. The summed E-state index contributed by atoms with van der Waals surface area (Å²) < 4.78 is 5.37. The third-order valence-corrected chi connectivity index (χ3v) is 5.73. The molecule has 4 N–H and O–H groups in total. The van der Waals surface area contributed by atoms with Gasteiger partial charge in [-0.15, -0.1) is 0 Å². The molecular formula is C25H29N3O6. The van der Waals surface area contributed by atoms with Gasteiger partial charge in [0.2, 0.25) is 11.8 Å². The number of carboxylic acids is 1. The molecule has 0 unspecified atom stereocenters. The van der Waals surface area contributed by atoms with Gasteiger partial charge in [0.15, 0.2) is 0 Å². The molecule has 3 rings (SSSR count). The second-order valence-electron chi connectivity index (χ2n) is 8.47. The number of hydrogen-bond acceptors (Lipinski definition) is 5. The molecule has 0 radical (unpaired) electrons. The summed E-state index contributed by atoms with van der Waals surface area (Å²) in [5.74, 6) is -2.26. The smallest absolute Gasteiger partial charge is 0.407 e. The summed E-state index contributed by atoms with van der Waals surface area (Å²) in [4.78, 5) is 47.0. The molecule has 0 spiro atoms. The van der Waals surface area contributed by atoms with Crippen molar-refractivity contribution in [3.8, 4) is 11.1 Å². The highest BCUT2D eigenvalue weighted by Crippen LogP contribution is 2.44. The van der Waals surface area contributed by atoms with Crippen LogP contribution >= 0.6 is 0 Å². The van der Waals surface area contributed by atoms with Gasteiger partial charge in [0.25, 0.3) is 0 Å². The van der Waals surface area contributed by atoms with Crippen molar-refractivity contribution in [2.24, 2.45) is 5.92 Å². The SMILES string of the molecule is CC(C)[C@@H](CC(=O)O)NC(=O)CNC(=O)CNC(=O)OCC1c2ccccc2-c2ccccc21. The molecular weight excluding hydrogens is 438 g/mol. The number of amides is 3. The third kappa shape index (κ3) is 6.34. The van der Waals surface area contributed by atoms with E-state index in [1.54, 1.807) is 13.8 Å². The first-order valence-corrected chi connectivity index (χ1v) is 11.1. The number of alkyl carbamates (subject to hydrolysis) is 1. The van der Waals surface area contributed by atoms with Crippen molar-refractivity contribution < 1.29 is 29.0 Å². The summed E-state index contributed by atoms with van der Waals surface area (Å²) in [6.45, 7) is 3.04. The lowest BCUT2D eigenvalue weighted by Crippen LogP contribution is -2.46. The first-order chi connectivity index (χ1) is 16.3. The molecule has 2 aromatic carbocycles. The Morgan fingerprint density at radius 2 is 1.44 bits per heavy atom. The van der Waals surface area contributed by atoms with Crippen LogP contribution in [0.1, 0.15) is 37.3 Å². The maximum atomic E-state index is 12.1. The molecule has 3 amide bonds. The van der Waals surface area contributed by atoms with E-state index < -0.39 is 29.9 Å². The van der Waals surface area contributed by atoms with Crippen molar-refractivity contribution in [2.45, 2.75) is 32.2 Å². The summed E-state index contributed by atoms with van der Waals surface area (Å²) in [6, 6.07) is 15.4. The van der Waals surface area contributed by atoms with Crippen LogP contribution in [0, 0.1) is 5.92 Å². The lowest BCUT2D eigenvalue weighted by Gasteiger charge is -2.20. The first kappa shape index (κ1) is 24.8. The van der Waals surface area contributed by atoms with Crippen LogP contribution in [0.15, 0.2) is 48.5 Å². The number of benzene rings is 2. The highest BCUT2D eigenvalue weighted by Gasteiger charge is 2.29. The van der Waals surface area contributed by atoms with Crippen LogP contribution < -0.4 is 16.0 Å². The number of rotatable bonds is 10. The maximum Gasteiger partial charge on any atom is 0.407 e. The van der Waals surface area contributed by atoms with Gasteiger partial charge in [0.1, 0.15) is 13.2 Å². The fourth-order valence-electron chi connectivity index (χ4n) is 3.94. The van der Waals surface area contributed by atoms with Crippen molar-refractivity contribution in [1.82, 2.24) is 16.0 Å². The molecule has 9 heteroatoms. The number of carboxylic acid groups (broad SMARTS) is 1. The number of aliphatic carboxylic acids is 1. The second-order valence-corrected chi connectivity index (χ2v) is 8.47. The number of ether oxygens (including phenoxy) is 1. The quantitative estimate of drug-likeness (QED) is 0.424. The van der Waals surface area contributed by atoms with E-state index in [2.05, 4.69) is 16.0 Å². The van der Waals surface area contributed by atoms with Gasteiger partial charge < -0.3 is 25.8 Å². The Labute approximate surface area is 197 Å². The molecule has 0 aromatic heterocycles. The zero-order valence-corrected chi connectivity index (χ0v) is 19.2. The minimum Gasteiger partial charge on any atom is -0.481 e. The lowest BCUT2D eigenvalue weighted by molar-refractivity contribution is -0.138. The highest BCUT2D eigenvalue weighted by molar-refractivity contribution is 5.87. The van der Waals surface area contributed by atoms with E-state index >= 15 is 0 Å². The lowest BCUT2D eigenvalue weighted by atomic mass is 9.98. The van der Waals surface area contributed by atoms with Crippen molar-refractivity contribution in [1.29, 1.82) is 0 Å². The normalized spacial score (nSPS) is 12.9. The van der Waals surface area contributed by atoms with Crippen LogP contribution in [0.3, 0.4) is 0 Å². The van der Waals surface area contributed by atoms with Gasteiger partial charge in [0.05, 0.1) is 13.0 Å². The molecule has 0 heterocycles. The van der Waals surface area contributed by atoms with Crippen molar-refractivity contribution >= 4 is 23.9 Å². The highest BCUT2D eigenvalue weighted by atomic mass is 16.5. The molecule has 0 aliphatic heterocycles. The molecule has 1 aliphatic rings. The molecule has 180 valence electrons. The van der Waals surface area contributed by atoms with Gasteiger partial charge in [-0.1, -0.05) is 62.4 Å². The second kappa shape index (κ2) is 11.3. The van der Waals surface area contributed by atoms with Gasteiger partial charge in [0, 0.05) is 12.0 Å². The van der Waals surface area contributed by atoms with E-state index in [0.717, 1.165) is 22.3 Å². The minimum absolute atomic E-state index is 0.0778. The fraction of sp³-hybridized carbons (Fsp3) is 0.360. The van der Waals surface area contributed by atoms with Gasteiger partial charge in [-0.25, -0.2) is 4.79 Å². The Kier molecular flexibility index (Phi) is 8.24. The number of carbonyl (C=O) groups is 4. The number of nitrogens with one attached hydrogen (secondary N) is 3. The van der Waals surface area contributed by atoms with Crippen molar-refractivity contribution in [3.63, 3.8) is 0 Å². The molecule has 1 atom stereocenters. The molecule has 0 bridgehead atoms. The topological polar surface area (TPSA) is 134 Å². The zero-order valence-electron chi connectivity index (χ0n) is 19.2. The molecule has 9 nitrogen and oxygen atoms in total. The molecule has 34 heavy (non-hydrogen) atoms. The largest absolute Gasteiger partial charge is 0.481 e. The van der Waals surface area contributed by atoms with E-state index in [4.69, 9.17) is 9.84 Å². The van der Waals surface area contributed by atoms with Gasteiger partial charge in [-0.2, -0.15) is 0 Å². The molecule has 2 aromatic rings.